The van der Waals surface area contributed by atoms with Gasteiger partial charge in [-0.1, -0.05) is 60.6 Å². The van der Waals surface area contributed by atoms with Crippen molar-refractivity contribution in [2.24, 2.45) is 4.99 Å². The molecule has 0 saturated carbocycles. The van der Waals surface area contributed by atoms with Gasteiger partial charge in [0.1, 0.15) is 0 Å². The highest BCUT2D eigenvalue weighted by molar-refractivity contribution is 6.30. The van der Waals surface area contributed by atoms with Crippen molar-refractivity contribution in [2.45, 2.75) is 19.5 Å². The second kappa shape index (κ2) is 11.0. The number of aliphatic imine (C=N–C) groups is 1. The largest absolute Gasteiger partial charge is 0.388 e. The number of likely N-dealkylation sites (N-methyl/N-ethyl adjacent to an activating group) is 1. The third-order valence-corrected chi connectivity index (χ3v) is 5.76. The lowest BCUT2D eigenvalue weighted by atomic mass is 10.0. The van der Waals surface area contributed by atoms with Crippen LogP contribution in [-0.2, 0) is 13.1 Å². The van der Waals surface area contributed by atoms with Crippen molar-refractivity contribution in [3.63, 3.8) is 0 Å². The average Bonchev–Trinajstić information content (AvgIpc) is 2.78. The third kappa shape index (κ3) is 5.97. The van der Waals surface area contributed by atoms with Gasteiger partial charge in [0.25, 0.3) is 0 Å². The van der Waals surface area contributed by atoms with Gasteiger partial charge in [0.2, 0.25) is 0 Å². The van der Waals surface area contributed by atoms with Gasteiger partial charge in [-0.15, -0.1) is 0 Å². The van der Waals surface area contributed by atoms with Crippen molar-refractivity contribution < 1.29 is 0 Å². The van der Waals surface area contributed by atoms with Gasteiger partial charge in [-0.2, -0.15) is 0 Å². The van der Waals surface area contributed by atoms with Gasteiger partial charge >= 0.3 is 0 Å². The Hall–Kier alpha value is -2.56. The Morgan fingerprint density at radius 2 is 1.87 bits per heavy atom. The van der Waals surface area contributed by atoms with Crippen molar-refractivity contribution in [1.29, 1.82) is 0 Å². The Bertz CT molecular complexity index is 874. The normalized spacial score (nSPS) is 14.5. The van der Waals surface area contributed by atoms with Gasteiger partial charge in [0.05, 0.1) is 6.54 Å². The van der Waals surface area contributed by atoms with Crippen LogP contribution in [0.25, 0.3) is 0 Å². The van der Waals surface area contributed by atoms with Crippen molar-refractivity contribution in [3.8, 4) is 0 Å². The van der Waals surface area contributed by atoms with E-state index in [0.717, 1.165) is 49.9 Å². The Balaban J connectivity index is 1.84. The SMILES string of the molecule is C=NCCN(Cc1ccc(Cl)cc1)C1=C(C(=C)NC)CN(Cc2ccccc2)CC1. The molecular weight excluding hydrogens is 392 g/mol. The molecule has 2 aromatic carbocycles. The Labute approximate surface area is 185 Å². The van der Waals surface area contributed by atoms with Crippen LogP contribution in [0.4, 0.5) is 0 Å². The number of nitrogens with zero attached hydrogens (tertiary/aromatic N) is 3. The highest BCUT2D eigenvalue weighted by atomic mass is 35.5. The number of rotatable bonds is 10. The summed E-state index contributed by atoms with van der Waals surface area (Å²) in [7, 11) is 1.94. The van der Waals surface area contributed by atoms with Crippen molar-refractivity contribution >= 4 is 18.3 Å². The first-order valence-electron chi connectivity index (χ1n) is 10.4. The van der Waals surface area contributed by atoms with E-state index in [1.807, 2.05) is 19.2 Å². The Kier molecular flexibility index (Phi) is 8.12. The second-order valence-corrected chi connectivity index (χ2v) is 8.03. The highest BCUT2D eigenvalue weighted by Gasteiger charge is 2.24. The van der Waals surface area contributed by atoms with Crippen LogP contribution in [0.5, 0.6) is 0 Å². The molecule has 158 valence electrons. The van der Waals surface area contributed by atoms with E-state index in [1.54, 1.807) is 0 Å². The molecule has 0 spiro atoms. The van der Waals surface area contributed by atoms with Crippen LogP contribution in [0.2, 0.25) is 5.02 Å². The Morgan fingerprint density at radius 3 is 2.53 bits per heavy atom. The van der Waals surface area contributed by atoms with Gasteiger partial charge in [-0.3, -0.25) is 9.89 Å². The minimum absolute atomic E-state index is 0.699. The van der Waals surface area contributed by atoms with Crippen LogP contribution < -0.4 is 5.32 Å². The quantitative estimate of drug-likeness (QED) is 0.561. The number of nitrogens with one attached hydrogen (secondary N) is 1. The van der Waals surface area contributed by atoms with E-state index in [4.69, 9.17) is 11.6 Å². The summed E-state index contributed by atoms with van der Waals surface area (Å²) < 4.78 is 0. The molecule has 1 aliphatic rings. The first-order chi connectivity index (χ1) is 14.6. The molecule has 1 N–H and O–H groups in total. The molecule has 0 aromatic heterocycles. The fourth-order valence-electron chi connectivity index (χ4n) is 3.87. The fraction of sp³-hybridized carbons (Fsp3) is 0.320. The molecule has 0 unspecified atom stereocenters. The fourth-order valence-corrected chi connectivity index (χ4v) is 3.99. The molecule has 0 atom stereocenters. The van der Waals surface area contributed by atoms with Gasteiger partial charge < -0.3 is 10.2 Å². The van der Waals surface area contributed by atoms with E-state index in [0.29, 0.717) is 6.54 Å². The van der Waals surface area contributed by atoms with Gasteiger partial charge in [-0.05, 0) is 30.0 Å². The standard InChI is InChI=1S/C25H31ClN4/c1-20(28-3)24-19-29(17-21-7-5-4-6-8-21)15-13-25(24)30(16-14-27-2)18-22-9-11-23(26)12-10-22/h4-12,28H,1-2,13-19H2,3H3. The molecule has 1 heterocycles. The minimum Gasteiger partial charge on any atom is -0.388 e. The van der Waals surface area contributed by atoms with Gasteiger partial charge in [0, 0.05) is 68.2 Å². The zero-order valence-electron chi connectivity index (χ0n) is 17.8. The monoisotopic (exact) mass is 422 g/mol. The highest BCUT2D eigenvalue weighted by Crippen LogP contribution is 2.27. The van der Waals surface area contributed by atoms with E-state index in [1.165, 1.54) is 22.4 Å². The molecule has 0 aliphatic carbocycles. The van der Waals surface area contributed by atoms with Crippen molar-refractivity contribution in [3.05, 3.63) is 94.3 Å². The van der Waals surface area contributed by atoms with Crippen LogP contribution in [0.1, 0.15) is 17.5 Å². The van der Waals surface area contributed by atoms with E-state index in [9.17, 15) is 0 Å². The van der Waals surface area contributed by atoms with E-state index < -0.39 is 0 Å². The molecule has 5 heteroatoms. The summed E-state index contributed by atoms with van der Waals surface area (Å²) in [5.41, 5.74) is 6.17. The topological polar surface area (TPSA) is 30.9 Å². The second-order valence-electron chi connectivity index (χ2n) is 7.60. The third-order valence-electron chi connectivity index (χ3n) is 5.51. The zero-order chi connectivity index (χ0) is 21.3. The molecule has 2 aromatic rings. The van der Waals surface area contributed by atoms with Crippen molar-refractivity contribution in [2.75, 3.05) is 33.2 Å². The van der Waals surface area contributed by atoms with E-state index in [2.05, 4.69) is 75.9 Å². The molecule has 0 radical (unpaired) electrons. The van der Waals surface area contributed by atoms with Crippen LogP contribution in [-0.4, -0.2) is 49.7 Å². The van der Waals surface area contributed by atoms with Crippen LogP contribution in [0, 0.1) is 0 Å². The van der Waals surface area contributed by atoms with E-state index >= 15 is 0 Å². The number of hydrogen-bond acceptors (Lipinski definition) is 4. The maximum absolute atomic E-state index is 6.07. The lowest BCUT2D eigenvalue weighted by molar-refractivity contribution is 0.238. The molecule has 0 fully saturated rings. The molecule has 30 heavy (non-hydrogen) atoms. The smallest absolute Gasteiger partial charge is 0.0557 e. The number of hydrogen-bond donors (Lipinski definition) is 1. The molecule has 4 nitrogen and oxygen atoms in total. The summed E-state index contributed by atoms with van der Waals surface area (Å²) in [6.07, 6.45) is 0.980. The van der Waals surface area contributed by atoms with Crippen molar-refractivity contribution in [1.82, 2.24) is 15.1 Å². The van der Waals surface area contributed by atoms with Gasteiger partial charge in [-0.25, -0.2) is 0 Å². The zero-order valence-corrected chi connectivity index (χ0v) is 18.5. The first-order valence-corrected chi connectivity index (χ1v) is 10.8. The number of halogens is 1. The maximum atomic E-state index is 6.07. The molecule has 0 saturated heterocycles. The average molecular weight is 423 g/mol. The predicted molar refractivity (Wildman–Crippen MR) is 128 cm³/mol. The summed E-state index contributed by atoms with van der Waals surface area (Å²) in [4.78, 5) is 9.02. The molecule has 3 rings (SSSR count). The van der Waals surface area contributed by atoms with Crippen LogP contribution in [0.15, 0.2) is 83.1 Å². The van der Waals surface area contributed by atoms with Crippen LogP contribution >= 0.6 is 11.6 Å². The molecule has 1 aliphatic heterocycles. The van der Waals surface area contributed by atoms with Crippen LogP contribution in [0.3, 0.4) is 0 Å². The summed E-state index contributed by atoms with van der Waals surface area (Å²) in [6, 6.07) is 18.7. The summed E-state index contributed by atoms with van der Waals surface area (Å²) in [5, 5.41) is 4.03. The molecular formula is C25H31ClN4. The molecule has 0 amide bonds. The predicted octanol–water partition coefficient (Wildman–Crippen LogP) is 4.74. The minimum atomic E-state index is 0.699. The molecule has 0 bridgehead atoms. The maximum Gasteiger partial charge on any atom is 0.0557 e. The summed E-state index contributed by atoms with van der Waals surface area (Å²) in [5.74, 6) is 0. The summed E-state index contributed by atoms with van der Waals surface area (Å²) in [6.45, 7) is 13.2. The lowest BCUT2D eigenvalue weighted by Crippen LogP contribution is -2.38. The summed E-state index contributed by atoms with van der Waals surface area (Å²) >= 11 is 6.07. The van der Waals surface area contributed by atoms with E-state index in [-0.39, 0.29) is 0 Å². The number of benzene rings is 2. The van der Waals surface area contributed by atoms with Gasteiger partial charge in [0.15, 0.2) is 0 Å². The lowest BCUT2D eigenvalue weighted by Gasteiger charge is -2.37. The first kappa shape index (κ1) is 22.1. The Morgan fingerprint density at radius 1 is 1.13 bits per heavy atom.